The topological polar surface area (TPSA) is 69.0 Å². The molecule has 3 rings (SSSR count). The van der Waals surface area contributed by atoms with Gasteiger partial charge in [-0.15, -0.1) is 0 Å². The number of aromatic nitrogens is 2. The van der Waals surface area contributed by atoms with Crippen molar-refractivity contribution in [2.24, 2.45) is 0 Å². The fraction of sp³-hybridized carbons (Fsp3) is 0. The van der Waals surface area contributed by atoms with Gasteiger partial charge in [0.25, 0.3) is 0 Å². The quantitative estimate of drug-likeness (QED) is 0.783. The summed E-state index contributed by atoms with van der Waals surface area (Å²) >= 11 is 0. The Balaban J connectivity index is 2.06. The molecular formula is C11H7N4O. The van der Waals surface area contributed by atoms with Crippen LogP contribution in [0.2, 0.25) is 0 Å². The predicted molar refractivity (Wildman–Crippen MR) is 58.3 cm³/mol. The highest BCUT2D eigenvalue weighted by molar-refractivity contribution is 5.99. The molecular weight excluding hydrogens is 204 g/mol. The first kappa shape index (κ1) is 8.84. The van der Waals surface area contributed by atoms with Crippen LogP contribution in [-0.4, -0.2) is 16.0 Å². The maximum atomic E-state index is 11.0. The normalized spacial score (nSPS) is 12.9. The summed E-state index contributed by atoms with van der Waals surface area (Å²) in [6, 6.07) is 9.22. The third-order valence-electron chi connectivity index (χ3n) is 2.26. The molecule has 0 spiro atoms. The molecule has 77 valence electrons. The van der Waals surface area contributed by atoms with Crippen LogP contribution in [0.15, 0.2) is 36.5 Å². The lowest BCUT2D eigenvalue weighted by Gasteiger charge is -2.00. The van der Waals surface area contributed by atoms with Crippen LogP contribution in [-0.2, 0) is 0 Å². The Bertz CT molecular complexity index is 553. The van der Waals surface area contributed by atoms with Gasteiger partial charge in [-0.2, -0.15) is 5.32 Å². The molecule has 1 radical (unpaired) electrons. The third kappa shape index (κ3) is 1.38. The summed E-state index contributed by atoms with van der Waals surface area (Å²) in [5.74, 6) is 0.774. The molecule has 0 bridgehead atoms. The maximum Gasteiger partial charge on any atom is 0.348 e. The van der Waals surface area contributed by atoms with Crippen LogP contribution in [0.25, 0.3) is 11.3 Å². The minimum absolute atomic E-state index is 0.353. The molecule has 0 saturated carbocycles. The van der Waals surface area contributed by atoms with Crippen molar-refractivity contribution in [3.63, 3.8) is 0 Å². The molecule has 0 fully saturated rings. The van der Waals surface area contributed by atoms with Crippen LogP contribution in [0, 0.1) is 0 Å². The van der Waals surface area contributed by atoms with Crippen molar-refractivity contribution in [3.8, 4) is 11.3 Å². The number of nitrogens with zero attached hydrogens (tertiary/aromatic N) is 3. The van der Waals surface area contributed by atoms with Gasteiger partial charge in [0.2, 0.25) is 5.82 Å². The Morgan fingerprint density at radius 3 is 2.75 bits per heavy atom. The van der Waals surface area contributed by atoms with E-state index >= 15 is 0 Å². The van der Waals surface area contributed by atoms with E-state index < -0.39 is 6.03 Å². The van der Waals surface area contributed by atoms with Crippen molar-refractivity contribution in [1.82, 2.24) is 15.3 Å². The molecule has 2 amide bonds. The average Bonchev–Trinajstić information content (AvgIpc) is 2.69. The van der Waals surface area contributed by atoms with Gasteiger partial charge in [-0.3, -0.25) is 5.32 Å². The van der Waals surface area contributed by atoms with E-state index in [1.165, 1.54) is 0 Å². The lowest BCUT2D eigenvalue weighted by atomic mass is 10.2. The molecule has 1 aliphatic rings. The van der Waals surface area contributed by atoms with Crippen LogP contribution in [0.3, 0.4) is 0 Å². The zero-order valence-corrected chi connectivity index (χ0v) is 8.21. The predicted octanol–water partition coefficient (Wildman–Crippen LogP) is 1.92. The van der Waals surface area contributed by atoms with Gasteiger partial charge in [0.1, 0.15) is 0 Å². The number of benzene rings is 1. The lowest BCUT2D eigenvalue weighted by Crippen LogP contribution is -2.08. The smallest absolute Gasteiger partial charge is 0.287 e. The van der Waals surface area contributed by atoms with E-state index in [-0.39, 0.29) is 0 Å². The minimum atomic E-state index is -0.416. The second kappa shape index (κ2) is 3.30. The van der Waals surface area contributed by atoms with Crippen molar-refractivity contribution in [1.29, 1.82) is 0 Å². The first-order chi connectivity index (χ1) is 7.83. The number of fused-ring (bicyclic) bond motifs is 1. The van der Waals surface area contributed by atoms with Gasteiger partial charge in [0.15, 0.2) is 5.82 Å². The van der Waals surface area contributed by atoms with Gasteiger partial charge in [0, 0.05) is 5.56 Å². The summed E-state index contributed by atoms with van der Waals surface area (Å²) < 4.78 is 0. The number of hydrogen-bond acceptors (Lipinski definition) is 3. The van der Waals surface area contributed by atoms with Crippen LogP contribution in [0.5, 0.6) is 0 Å². The fourth-order valence-corrected chi connectivity index (χ4v) is 1.52. The van der Waals surface area contributed by atoms with Gasteiger partial charge in [-0.1, -0.05) is 30.3 Å². The molecule has 1 aliphatic heterocycles. The highest BCUT2D eigenvalue weighted by atomic mass is 16.2. The summed E-state index contributed by atoms with van der Waals surface area (Å²) in [6.45, 7) is 0. The first-order valence-corrected chi connectivity index (χ1v) is 4.78. The number of amides is 2. The van der Waals surface area contributed by atoms with Gasteiger partial charge < -0.3 is 0 Å². The molecule has 0 unspecified atom stereocenters. The summed E-state index contributed by atoms with van der Waals surface area (Å²) in [5, 5.41) is 6.21. The van der Waals surface area contributed by atoms with E-state index in [0.29, 0.717) is 17.3 Å². The summed E-state index contributed by atoms with van der Waals surface area (Å²) in [5.41, 5.74) is 1.66. The monoisotopic (exact) mass is 211 g/mol. The summed E-state index contributed by atoms with van der Waals surface area (Å²) in [7, 11) is 0. The molecule has 1 N–H and O–H groups in total. The number of rotatable bonds is 1. The molecule has 1 aromatic carbocycles. The average molecular weight is 211 g/mol. The molecule has 16 heavy (non-hydrogen) atoms. The van der Waals surface area contributed by atoms with E-state index in [1.807, 2.05) is 30.3 Å². The van der Waals surface area contributed by atoms with Crippen molar-refractivity contribution >= 4 is 17.7 Å². The Morgan fingerprint density at radius 2 is 1.94 bits per heavy atom. The van der Waals surface area contributed by atoms with Crippen molar-refractivity contribution < 1.29 is 4.79 Å². The minimum Gasteiger partial charge on any atom is -0.287 e. The van der Waals surface area contributed by atoms with Crippen molar-refractivity contribution in [2.75, 3.05) is 5.32 Å². The molecule has 2 aromatic rings. The SMILES string of the molecule is O=C1[N]c2nc(-c3ccccc3)cnc2N1. The van der Waals surface area contributed by atoms with E-state index in [4.69, 9.17) is 0 Å². The molecule has 5 nitrogen and oxygen atoms in total. The largest absolute Gasteiger partial charge is 0.348 e. The van der Waals surface area contributed by atoms with E-state index in [2.05, 4.69) is 20.6 Å². The number of carbonyl (C=O) groups is 1. The lowest BCUT2D eigenvalue weighted by molar-refractivity contribution is 0.256. The molecule has 5 heteroatoms. The Hall–Kier alpha value is -2.43. The standard InChI is InChI=1S/C11H7N4O/c16-11-14-9-10(15-11)13-8(6-12-9)7-4-2-1-3-5-7/h1-6H,(H,12,14,16). The Labute approximate surface area is 91.5 Å². The van der Waals surface area contributed by atoms with Crippen LogP contribution in [0.4, 0.5) is 16.4 Å². The van der Waals surface area contributed by atoms with E-state index in [1.54, 1.807) is 6.20 Å². The molecule has 1 aromatic heterocycles. The Morgan fingerprint density at radius 1 is 1.12 bits per heavy atom. The van der Waals surface area contributed by atoms with E-state index in [0.717, 1.165) is 5.56 Å². The zero-order valence-electron chi connectivity index (χ0n) is 8.21. The van der Waals surface area contributed by atoms with Crippen LogP contribution < -0.4 is 10.6 Å². The number of urea groups is 1. The van der Waals surface area contributed by atoms with Gasteiger partial charge in [-0.25, -0.2) is 14.8 Å². The Kier molecular flexibility index (Phi) is 1.83. The van der Waals surface area contributed by atoms with Gasteiger partial charge >= 0.3 is 6.03 Å². The molecule has 2 heterocycles. The number of nitrogens with one attached hydrogen (secondary N) is 1. The number of carbonyl (C=O) groups excluding carboxylic acids is 1. The number of hydrogen-bond donors (Lipinski definition) is 1. The van der Waals surface area contributed by atoms with Gasteiger partial charge in [-0.05, 0) is 0 Å². The third-order valence-corrected chi connectivity index (χ3v) is 2.26. The summed E-state index contributed by atoms with van der Waals surface area (Å²) in [4.78, 5) is 19.3. The van der Waals surface area contributed by atoms with Crippen LogP contribution in [0.1, 0.15) is 0 Å². The highest BCUT2D eigenvalue weighted by Gasteiger charge is 2.22. The molecule has 0 atom stereocenters. The second-order valence-electron chi connectivity index (χ2n) is 3.34. The van der Waals surface area contributed by atoms with E-state index in [9.17, 15) is 4.79 Å². The zero-order chi connectivity index (χ0) is 11.0. The maximum absolute atomic E-state index is 11.0. The second-order valence-corrected chi connectivity index (χ2v) is 3.34. The van der Waals surface area contributed by atoms with Gasteiger partial charge in [0.05, 0.1) is 11.9 Å². The van der Waals surface area contributed by atoms with Crippen LogP contribution >= 0.6 is 0 Å². The summed E-state index contributed by atoms with van der Waals surface area (Å²) in [6.07, 6.45) is 1.62. The fourth-order valence-electron chi connectivity index (χ4n) is 1.52. The van der Waals surface area contributed by atoms with Crippen molar-refractivity contribution in [2.45, 2.75) is 0 Å². The van der Waals surface area contributed by atoms with Crippen molar-refractivity contribution in [3.05, 3.63) is 36.5 Å². The number of anilines is 1. The first-order valence-electron chi connectivity index (χ1n) is 4.78. The molecule has 0 aliphatic carbocycles. The highest BCUT2D eigenvalue weighted by Crippen LogP contribution is 2.25. The molecule has 0 saturated heterocycles.